The molecule has 0 spiro atoms. The summed E-state index contributed by atoms with van der Waals surface area (Å²) in [5.41, 5.74) is 4.54. The molecule has 0 bridgehead atoms. The van der Waals surface area contributed by atoms with Gasteiger partial charge >= 0.3 is 12.1 Å². The van der Waals surface area contributed by atoms with Crippen molar-refractivity contribution in [3.8, 4) is 11.1 Å². The summed E-state index contributed by atoms with van der Waals surface area (Å²) in [7, 11) is 3.71. The molecule has 2 N–H and O–H groups in total. The number of nitrogens with one attached hydrogen (secondary N) is 1. The van der Waals surface area contributed by atoms with Gasteiger partial charge in [-0.1, -0.05) is 48.5 Å². The summed E-state index contributed by atoms with van der Waals surface area (Å²) in [6, 6.07) is 15.2. The first-order valence-corrected chi connectivity index (χ1v) is 8.96. The van der Waals surface area contributed by atoms with Gasteiger partial charge in [0.15, 0.2) is 0 Å². The third kappa shape index (κ3) is 4.82. The van der Waals surface area contributed by atoms with Gasteiger partial charge in [-0.25, -0.2) is 9.59 Å². The van der Waals surface area contributed by atoms with Crippen LogP contribution < -0.4 is 5.32 Å². The molecule has 0 radical (unpaired) electrons. The third-order valence-electron chi connectivity index (χ3n) is 4.80. The lowest BCUT2D eigenvalue weighted by molar-refractivity contribution is -0.139. The smallest absolute Gasteiger partial charge is 0.407 e. The van der Waals surface area contributed by atoms with Gasteiger partial charge in [0.05, 0.1) is 0 Å². The van der Waals surface area contributed by atoms with Crippen molar-refractivity contribution < 1.29 is 19.4 Å². The van der Waals surface area contributed by atoms with Crippen LogP contribution in [0.15, 0.2) is 48.5 Å². The number of hydrogen-bond acceptors (Lipinski definition) is 4. The highest BCUT2D eigenvalue weighted by Crippen LogP contribution is 2.44. The van der Waals surface area contributed by atoms with Crippen molar-refractivity contribution in [2.24, 2.45) is 0 Å². The minimum absolute atomic E-state index is 0. The number of carboxylic acids is 1. The number of halogens is 1. The van der Waals surface area contributed by atoms with Crippen molar-refractivity contribution in [2.45, 2.75) is 18.4 Å². The molecule has 1 atom stereocenters. The van der Waals surface area contributed by atoms with Crippen molar-refractivity contribution >= 4 is 24.5 Å². The number of carbonyl (C=O) groups excluding carboxylic acids is 1. The maximum Gasteiger partial charge on any atom is 0.407 e. The molecule has 0 aliphatic heterocycles. The molecule has 6 nitrogen and oxygen atoms in total. The maximum atomic E-state index is 12.2. The predicted octanol–water partition coefficient (Wildman–Crippen LogP) is 3.35. The van der Waals surface area contributed by atoms with E-state index in [4.69, 9.17) is 4.74 Å². The zero-order valence-corrected chi connectivity index (χ0v) is 16.7. The third-order valence-corrected chi connectivity index (χ3v) is 4.80. The van der Waals surface area contributed by atoms with E-state index in [0.717, 1.165) is 22.3 Å². The molecular formula is C21H25ClN2O4. The molecule has 3 rings (SSSR count). The topological polar surface area (TPSA) is 78.9 Å². The van der Waals surface area contributed by atoms with E-state index in [9.17, 15) is 14.7 Å². The molecule has 1 aliphatic rings. The number of nitrogens with zero attached hydrogens (tertiary/aromatic N) is 1. The van der Waals surface area contributed by atoms with E-state index in [0.29, 0.717) is 13.0 Å². The van der Waals surface area contributed by atoms with Gasteiger partial charge < -0.3 is 20.1 Å². The number of carbonyl (C=O) groups is 2. The Bertz CT molecular complexity index is 795. The van der Waals surface area contributed by atoms with Crippen LogP contribution in [-0.4, -0.2) is 55.4 Å². The van der Waals surface area contributed by atoms with Crippen molar-refractivity contribution in [3.63, 3.8) is 0 Å². The Labute approximate surface area is 170 Å². The van der Waals surface area contributed by atoms with Gasteiger partial charge in [0, 0.05) is 12.5 Å². The van der Waals surface area contributed by atoms with Gasteiger partial charge in [0.25, 0.3) is 0 Å². The van der Waals surface area contributed by atoms with Crippen LogP contribution in [0.25, 0.3) is 11.1 Å². The quantitative estimate of drug-likeness (QED) is 0.739. The molecular weight excluding hydrogens is 380 g/mol. The fourth-order valence-corrected chi connectivity index (χ4v) is 3.43. The summed E-state index contributed by atoms with van der Waals surface area (Å²) >= 11 is 0. The minimum atomic E-state index is -1.06. The van der Waals surface area contributed by atoms with Crippen LogP contribution in [-0.2, 0) is 9.53 Å². The normalized spacial score (nSPS) is 13.2. The Kier molecular flexibility index (Phi) is 7.43. The fraction of sp³-hybridized carbons (Fsp3) is 0.333. The fourth-order valence-electron chi connectivity index (χ4n) is 3.43. The van der Waals surface area contributed by atoms with Crippen LogP contribution in [0.1, 0.15) is 23.5 Å². The molecule has 0 fully saturated rings. The second kappa shape index (κ2) is 9.57. The SMILES string of the molecule is CN(C)CCC(NC(=O)OCC1c2ccccc2-c2ccccc21)C(=O)O.Cl. The highest BCUT2D eigenvalue weighted by Gasteiger charge is 2.29. The van der Waals surface area contributed by atoms with E-state index < -0.39 is 18.1 Å². The summed E-state index contributed by atoms with van der Waals surface area (Å²) in [5, 5.41) is 11.7. The lowest BCUT2D eigenvalue weighted by Gasteiger charge is -2.18. The molecule has 7 heteroatoms. The van der Waals surface area contributed by atoms with Crippen LogP contribution in [0, 0.1) is 0 Å². The lowest BCUT2D eigenvalue weighted by atomic mass is 9.98. The summed E-state index contributed by atoms with van der Waals surface area (Å²) < 4.78 is 5.40. The largest absolute Gasteiger partial charge is 0.480 e. The zero-order chi connectivity index (χ0) is 19.4. The Morgan fingerprint density at radius 2 is 1.61 bits per heavy atom. The second-order valence-electron chi connectivity index (χ2n) is 6.95. The first-order chi connectivity index (χ1) is 13.0. The van der Waals surface area contributed by atoms with E-state index >= 15 is 0 Å². The summed E-state index contributed by atoms with van der Waals surface area (Å²) in [4.78, 5) is 25.4. The summed E-state index contributed by atoms with van der Waals surface area (Å²) in [6.45, 7) is 0.723. The number of rotatable bonds is 7. The number of fused-ring (bicyclic) bond motifs is 3. The number of carboxylic acid groups (broad SMARTS) is 1. The van der Waals surface area contributed by atoms with Crippen molar-refractivity contribution in [2.75, 3.05) is 27.2 Å². The molecule has 0 heterocycles. The zero-order valence-electron chi connectivity index (χ0n) is 15.9. The first-order valence-electron chi connectivity index (χ1n) is 8.96. The molecule has 1 aliphatic carbocycles. The van der Waals surface area contributed by atoms with Gasteiger partial charge in [0.1, 0.15) is 12.6 Å². The molecule has 2 aromatic rings. The van der Waals surface area contributed by atoms with Crippen LogP contribution >= 0.6 is 12.4 Å². The molecule has 28 heavy (non-hydrogen) atoms. The number of aliphatic carboxylic acids is 1. The second-order valence-corrected chi connectivity index (χ2v) is 6.95. The van der Waals surface area contributed by atoms with E-state index in [1.54, 1.807) is 0 Å². The number of alkyl carbamates (subject to hydrolysis) is 1. The molecule has 2 aromatic carbocycles. The van der Waals surface area contributed by atoms with Gasteiger partial charge in [-0.2, -0.15) is 0 Å². The monoisotopic (exact) mass is 404 g/mol. The van der Waals surface area contributed by atoms with E-state index in [-0.39, 0.29) is 24.9 Å². The number of hydrogen-bond donors (Lipinski definition) is 2. The minimum Gasteiger partial charge on any atom is -0.480 e. The number of benzene rings is 2. The van der Waals surface area contributed by atoms with E-state index in [1.165, 1.54) is 0 Å². The van der Waals surface area contributed by atoms with Crippen molar-refractivity contribution in [3.05, 3.63) is 59.7 Å². The van der Waals surface area contributed by atoms with Crippen LogP contribution in [0.4, 0.5) is 4.79 Å². The molecule has 0 saturated carbocycles. The molecule has 0 saturated heterocycles. The van der Waals surface area contributed by atoms with Gasteiger partial charge in [-0.3, -0.25) is 0 Å². The van der Waals surface area contributed by atoms with Crippen molar-refractivity contribution in [1.29, 1.82) is 0 Å². The number of amides is 1. The van der Waals surface area contributed by atoms with E-state index in [1.807, 2.05) is 55.4 Å². The first kappa shape index (κ1) is 21.7. The molecule has 1 unspecified atom stereocenters. The Morgan fingerprint density at radius 1 is 1.07 bits per heavy atom. The van der Waals surface area contributed by atoms with Gasteiger partial charge in [-0.05, 0) is 42.8 Å². The standard InChI is InChI=1S/C21H24N2O4.ClH/c1-23(2)12-11-19(20(24)25)22-21(26)27-13-18-16-9-5-3-7-14(16)15-8-4-6-10-17(15)18;/h3-10,18-19H,11-13H2,1-2H3,(H,22,26)(H,24,25);1H. The average molecular weight is 405 g/mol. The summed E-state index contributed by atoms with van der Waals surface area (Å²) in [5.74, 6) is -1.11. The average Bonchev–Trinajstić information content (AvgIpc) is 2.97. The predicted molar refractivity (Wildman–Crippen MR) is 110 cm³/mol. The van der Waals surface area contributed by atoms with Gasteiger partial charge in [-0.15, -0.1) is 12.4 Å². The molecule has 1 amide bonds. The van der Waals surface area contributed by atoms with Crippen molar-refractivity contribution in [1.82, 2.24) is 10.2 Å². The number of ether oxygens (including phenoxy) is 1. The van der Waals surface area contributed by atoms with Gasteiger partial charge in [0.2, 0.25) is 0 Å². The highest BCUT2D eigenvalue weighted by atomic mass is 35.5. The lowest BCUT2D eigenvalue weighted by Crippen LogP contribution is -2.43. The Balaban J connectivity index is 0.00000280. The van der Waals surface area contributed by atoms with Crippen LogP contribution in [0.5, 0.6) is 0 Å². The molecule has 150 valence electrons. The van der Waals surface area contributed by atoms with E-state index in [2.05, 4.69) is 17.4 Å². The highest BCUT2D eigenvalue weighted by molar-refractivity contribution is 5.85. The van der Waals surface area contributed by atoms with Crippen LogP contribution in [0.3, 0.4) is 0 Å². The Hall–Kier alpha value is -2.57. The molecule has 0 aromatic heterocycles. The maximum absolute atomic E-state index is 12.2. The Morgan fingerprint density at radius 3 is 2.11 bits per heavy atom. The summed E-state index contributed by atoms with van der Waals surface area (Å²) in [6.07, 6.45) is -0.394. The van der Waals surface area contributed by atoms with Crippen LogP contribution in [0.2, 0.25) is 0 Å².